The maximum absolute atomic E-state index is 13.0. The summed E-state index contributed by atoms with van der Waals surface area (Å²) in [5.74, 6) is -0.463. The summed E-state index contributed by atoms with van der Waals surface area (Å²) in [7, 11) is -1.64. The topological polar surface area (TPSA) is 74.8 Å². The lowest BCUT2D eigenvalue weighted by atomic mass is 10.1. The van der Waals surface area contributed by atoms with E-state index in [9.17, 15) is 18.0 Å². The van der Waals surface area contributed by atoms with Crippen LogP contribution >= 0.6 is 0 Å². The first-order chi connectivity index (χ1) is 14.7. The predicted molar refractivity (Wildman–Crippen MR) is 123 cm³/mol. The van der Waals surface area contributed by atoms with Crippen LogP contribution in [0.25, 0.3) is 0 Å². The zero-order valence-corrected chi connectivity index (χ0v) is 18.5. The number of sulfone groups is 1. The van der Waals surface area contributed by atoms with Crippen molar-refractivity contribution in [1.29, 1.82) is 0 Å². The Morgan fingerprint density at radius 2 is 1.42 bits per heavy atom. The van der Waals surface area contributed by atoms with E-state index in [0.717, 1.165) is 5.69 Å². The van der Waals surface area contributed by atoms with Gasteiger partial charge < -0.3 is 4.90 Å². The van der Waals surface area contributed by atoms with Gasteiger partial charge in [-0.25, -0.2) is 8.42 Å². The van der Waals surface area contributed by atoms with Crippen molar-refractivity contribution in [2.75, 3.05) is 22.6 Å². The van der Waals surface area contributed by atoms with Crippen LogP contribution in [0.2, 0.25) is 0 Å². The average Bonchev–Trinajstić information content (AvgIpc) is 2.79. The van der Waals surface area contributed by atoms with Gasteiger partial charge in [-0.2, -0.15) is 0 Å². The Hall–Kier alpha value is -3.45. The number of rotatable bonds is 6. The van der Waals surface area contributed by atoms with Crippen LogP contribution in [0, 0.1) is 0 Å². The molecule has 0 fully saturated rings. The highest BCUT2D eigenvalue weighted by atomic mass is 32.2. The van der Waals surface area contributed by atoms with E-state index < -0.39 is 9.84 Å². The zero-order chi connectivity index (χ0) is 22.6. The highest BCUT2D eigenvalue weighted by molar-refractivity contribution is 7.91. The summed E-state index contributed by atoms with van der Waals surface area (Å²) in [4.78, 5) is 28.6. The molecule has 6 nitrogen and oxygen atoms in total. The predicted octanol–water partition coefficient (Wildman–Crippen LogP) is 4.44. The normalized spacial score (nSPS) is 11.1. The van der Waals surface area contributed by atoms with E-state index in [1.54, 1.807) is 55.3 Å². The van der Waals surface area contributed by atoms with Gasteiger partial charge in [-0.05, 0) is 54.6 Å². The second-order valence-corrected chi connectivity index (χ2v) is 9.28. The third-order valence-corrected chi connectivity index (χ3v) is 6.70. The number of anilines is 3. The number of carbonyl (C=O) groups excluding carboxylic acids is 2. The van der Waals surface area contributed by atoms with E-state index in [1.807, 2.05) is 30.3 Å². The number of hydrogen-bond acceptors (Lipinski definition) is 4. The Balaban J connectivity index is 1.95. The summed E-state index contributed by atoms with van der Waals surface area (Å²) in [6.45, 7) is 3.00. The van der Waals surface area contributed by atoms with Crippen molar-refractivity contribution >= 4 is 38.7 Å². The zero-order valence-electron chi connectivity index (χ0n) is 17.6. The maximum atomic E-state index is 13.0. The Morgan fingerprint density at radius 3 is 2.00 bits per heavy atom. The molecule has 0 bridgehead atoms. The van der Waals surface area contributed by atoms with Gasteiger partial charge in [0, 0.05) is 36.6 Å². The fraction of sp³-hybridized carbons (Fsp3) is 0.167. The third kappa shape index (κ3) is 4.83. The molecule has 0 aliphatic carbocycles. The molecule has 3 aromatic carbocycles. The number of benzene rings is 3. The van der Waals surface area contributed by atoms with Gasteiger partial charge in [-0.3, -0.25) is 14.5 Å². The quantitative estimate of drug-likeness (QED) is 0.572. The van der Waals surface area contributed by atoms with Gasteiger partial charge in [0.25, 0.3) is 5.91 Å². The van der Waals surface area contributed by atoms with Gasteiger partial charge in [-0.15, -0.1) is 0 Å². The third-order valence-electron chi connectivity index (χ3n) is 4.95. The molecule has 3 rings (SSSR count). The van der Waals surface area contributed by atoms with Crippen molar-refractivity contribution in [2.45, 2.75) is 18.7 Å². The number of hydrogen-bond donors (Lipinski definition) is 0. The van der Waals surface area contributed by atoms with Gasteiger partial charge in [0.1, 0.15) is 0 Å². The SMILES string of the molecule is CCS(=O)(=O)c1ccc(N(C(C)=O)c2cccc(C(=O)N(C)c3ccccc3)c2)cc1. The molecule has 0 N–H and O–H groups in total. The van der Waals surface area contributed by atoms with Crippen molar-refractivity contribution in [3.63, 3.8) is 0 Å². The minimum absolute atomic E-state index is 0.00184. The molecule has 31 heavy (non-hydrogen) atoms. The van der Waals surface area contributed by atoms with Gasteiger partial charge in [0.15, 0.2) is 9.84 Å². The number of para-hydroxylation sites is 1. The first-order valence-corrected chi connectivity index (χ1v) is 11.5. The summed E-state index contributed by atoms with van der Waals surface area (Å²) in [5.41, 5.74) is 2.23. The molecule has 0 aliphatic heterocycles. The van der Waals surface area contributed by atoms with Crippen molar-refractivity contribution in [3.8, 4) is 0 Å². The molecule has 3 aromatic rings. The van der Waals surface area contributed by atoms with Gasteiger partial charge >= 0.3 is 0 Å². The molecule has 0 saturated heterocycles. The lowest BCUT2D eigenvalue weighted by molar-refractivity contribution is -0.115. The highest BCUT2D eigenvalue weighted by Crippen LogP contribution is 2.28. The van der Waals surface area contributed by atoms with Crippen molar-refractivity contribution < 1.29 is 18.0 Å². The smallest absolute Gasteiger partial charge is 0.258 e. The van der Waals surface area contributed by atoms with E-state index >= 15 is 0 Å². The van der Waals surface area contributed by atoms with E-state index in [2.05, 4.69) is 0 Å². The van der Waals surface area contributed by atoms with Crippen molar-refractivity contribution in [1.82, 2.24) is 0 Å². The van der Waals surface area contributed by atoms with Crippen LogP contribution in [0.5, 0.6) is 0 Å². The fourth-order valence-electron chi connectivity index (χ4n) is 3.22. The summed E-state index contributed by atoms with van der Waals surface area (Å²) in [5, 5.41) is 0. The van der Waals surface area contributed by atoms with E-state index in [0.29, 0.717) is 16.9 Å². The van der Waals surface area contributed by atoms with Gasteiger partial charge in [0.2, 0.25) is 5.91 Å². The van der Waals surface area contributed by atoms with Crippen LogP contribution in [0.3, 0.4) is 0 Å². The summed E-state index contributed by atoms with van der Waals surface area (Å²) >= 11 is 0. The molecule has 2 amide bonds. The molecule has 0 unspecified atom stereocenters. The lowest BCUT2D eigenvalue weighted by Crippen LogP contribution is -2.27. The van der Waals surface area contributed by atoms with Crippen LogP contribution in [-0.2, 0) is 14.6 Å². The Morgan fingerprint density at radius 1 is 0.806 bits per heavy atom. The van der Waals surface area contributed by atoms with Crippen LogP contribution in [0.15, 0.2) is 83.8 Å². The van der Waals surface area contributed by atoms with Crippen LogP contribution in [-0.4, -0.2) is 33.0 Å². The Bertz CT molecular complexity index is 1190. The van der Waals surface area contributed by atoms with Crippen LogP contribution < -0.4 is 9.80 Å². The minimum atomic E-state index is -3.33. The van der Waals surface area contributed by atoms with Gasteiger partial charge in [-0.1, -0.05) is 31.2 Å². The Kier molecular flexibility index (Phi) is 6.56. The van der Waals surface area contributed by atoms with Crippen molar-refractivity contribution in [2.24, 2.45) is 0 Å². The monoisotopic (exact) mass is 436 g/mol. The lowest BCUT2D eigenvalue weighted by Gasteiger charge is -2.23. The van der Waals surface area contributed by atoms with Crippen LogP contribution in [0.4, 0.5) is 17.1 Å². The molecule has 0 saturated carbocycles. The van der Waals surface area contributed by atoms with Crippen molar-refractivity contribution in [3.05, 3.63) is 84.4 Å². The standard InChI is InChI=1S/C24H24N2O4S/c1-4-31(29,30)23-15-13-21(14-16-23)26(18(2)27)22-12-8-9-19(17-22)24(28)25(3)20-10-6-5-7-11-20/h5-17H,4H2,1-3H3. The molecular formula is C24H24N2O4S. The number of carbonyl (C=O) groups is 2. The number of amides is 2. The molecule has 0 aliphatic rings. The van der Waals surface area contributed by atoms with Crippen LogP contribution in [0.1, 0.15) is 24.2 Å². The fourth-order valence-corrected chi connectivity index (χ4v) is 4.11. The average molecular weight is 437 g/mol. The first kappa shape index (κ1) is 22.2. The molecule has 0 aromatic heterocycles. The summed E-state index contributed by atoms with van der Waals surface area (Å²) in [6, 6.07) is 22.2. The first-order valence-electron chi connectivity index (χ1n) is 9.81. The second kappa shape index (κ2) is 9.14. The summed E-state index contributed by atoms with van der Waals surface area (Å²) in [6.07, 6.45) is 0. The highest BCUT2D eigenvalue weighted by Gasteiger charge is 2.19. The Labute approximate surface area is 182 Å². The molecular weight excluding hydrogens is 412 g/mol. The minimum Gasteiger partial charge on any atom is -0.311 e. The molecule has 0 spiro atoms. The molecule has 0 atom stereocenters. The molecule has 0 radical (unpaired) electrons. The van der Waals surface area contributed by atoms with E-state index in [-0.39, 0.29) is 22.5 Å². The summed E-state index contributed by atoms with van der Waals surface area (Å²) < 4.78 is 24.1. The van der Waals surface area contributed by atoms with E-state index in [4.69, 9.17) is 0 Å². The molecule has 7 heteroatoms. The van der Waals surface area contributed by atoms with Gasteiger partial charge in [0.05, 0.1) is 10.6 Å². The number of nitrogens with zero attached hydrogens (tertiary/aromatic N) is 2. The maximum Gasteiger partial charge on any atom is 0.258 e. The largest absolute Gasteiger partial charge is 0.311 e. The molecule has 0 heterocycles. The van der Waals surface area contributed by atoms with E-state index in [1.165, 1.54) is 24.0 Å². The molecule has 160 valence electrons. The second-order valence-electron chi connectivity index (χ2n) is 7.00.